The number of rotatable bonds is 3. The first-order chi connectivity index (χ1) is 8.06. The molecular formula is C14H17NOS. The van der Waals surface area contributed by atoms with Gasteiger partial charge < -0.3 is 4.42 Å². The molecule has 0 aliphatic rings. The summed E-state index contributed by atoms with van der Waals surface area (Å²) in [7, 11) is 0. The van der Waals surface area contributed by atoms with Crippen molar-refractivity contribution >= 4 is 11.8 Å². The third kappa shape index (κ3) is 2.91. The van der Waals surface area contributed by atoms with Gasteiger partial charge in [-0.15, -0.1) is 0 Å². The number of benzene rings is 1. The van der Waals surface area contributed by atoms with Crippen LogP contribution in [0.5, 0.6) is 0 Å². The lowest BCUT2D eigenvalue weighted by Crippen LogP contribution is -1.87. The van der Waals surface area contributed by atoms with Crippen molar-refractivity contribution in [3.8, 4) is 0 Å². The Bertz CT molecular complexity index is 512. The van der Waals surface area contributed by atoms with Crippen LogP contribution in [0.25, 0.3) is 0 Å². The van der Waals surface area contributed by atoms with Crippen LogP contribution in [0.1, 0.15) is 28.1 Å². The van der Waals surface area contributed by atoms with Crippen LogP contribution in [-0.2, 0) is 5.75 Å². The van der Waals surface area contributed by atoms with Crippen LogP contribution < -0.4 is 0 Å². The van der Waals surface area contributed by atoms with Gasteiger partial charge in [-0.3, -0.25) is 0 Å². The highest BCUT2D eigenvalue weighted by atomic mass is 32.2. The highest BCUT2D eigenvalue weighted by molar-refractivity contribution is 7.98. The highest BCUT2D eigenvalue weighted by Gasteiger charge is 2.07. The van der Waals surface area contributed by atoms with Gasteiger partial charge in [0.1, 0.15) is 5.76 Å². The minimum Gasteiger partial charge on any atom is -0.437 e. The largest absolute Gasteiger partial charge is 0.437 e. The minimum atomic E-state index is 0.765. The third-order valence-corrected chi connectivity index (χ3v) is 3.74. The summed E-state index contributed by atoms with van der Waals surface area (Å²) in [5, 5.41) is 0.765. The summed E-state index contributed by atoms with van der Waals surface area (Å²) in [4.78, 5) is 4.37. The topological polar surface area (TPSA) is 26.0 Å². The monoisotopic (exact) mass is 247 g/mol. The molecule has 0 saturated heterocycles. The Morgan fingerprint density at radius 3 is 2.59 bits per heavy atom. The predicted octanol–water partition coefficient (Wildman–Crippen LogP) is 4.20. The maximum atomic E-state index is 5.56. The van der Waals surface area contributed by atoms with Gasteiger partial charge in [0.25, 0.3) is 5.22 Å². The van der Waals surface area contributed by atoms with Gasteiger partial charge in [-0.2, -0.15) is 0 Å². The zero-order chi connectivity index (χ0) is 12.4. The lowest BCUT2D eigenvalue weighted by molar-refractivity contribution is 0.431. The first kappa shape index (κ1) is 12.2. The van der Waals surface area contributed by atoms with Crippen LogP contribution in [-0.4, -0.2) is 4.98 Å². The molecule has 1 heterocycles. The first-order valence-electron chi connectivity index (χ1n) is 5.69. The Morgan fingerprint density at radius 2 is 1.94 bits per heavy atom. The van der Waals surface area contributed by atoms with E-state index in [0.29, 0.717) is 0 Å². The van der Waals surface area contributed by atoms with Crippen LogP contribution in [0.2, 0.25) is 0 Å². The SMILES string of the molecule is Cc1ccc(C)c(CSc2nc(C)c(C)o2)c1. The normalized spacial score (nSPS) is 10.8. The molecule has 3 heteroatoms. The van der Waals surface area contributed by atoms with Crippen molar-refractivity contribution in [3.05, 3.63) is 46.3 Å². The minimum absolute atomic E-state index is 0.765. The van der Waals surface area contributed by atoms with Crippen molar-refractivity contribution in [2.45, 2.75) is 38.7 Å². The van der Waals surface area contributed by atoms with Crippen LogP contribution >= 0.6 is 11.8 Å². The number of aromatic nitrogens is 1. The molecule has 90 valence electrons. The molecule has 0 N–H and O–H groups in total. The summed E-state index contributed by atoms with van der Waals surface area (Å²) in [6, 6.07) is 6.53. The molecule has 0 atom stereocenters. The average Bonchev–Trinajstić information content (AvgIpc) is 2.60. The van der Waals surface area contributed by atoms with Gasteiger partial charge in [-0.25, -0.2) is 4.98 Å². The van der Waals surface area contributed by atoms with E-state index in [4.69, 9.17) is 4.42 Å². The fourth-order valence-electron chi connectivity index (χ4n) is 1.60. The molecule has 0 aliphatic heterocycles. The second kappa shape index (κ2) is 4.96. The summed E-state index contributed by atoms with van der Waals surface area (Å²) < 4.78 is 5.56. The number of hydrogen-bond donors (Lipinski definition) is 0. The second-order valence-corrected chi connectivity index (χ2v) is 5.27. The number of oxazole rings is 1. The molecule has 0 saturated carbocycles. The van der Waals surface area contributed by atoms with E-state index in [2.05, 4.69) is 37.0 Å². The Balaban J connectivity index is 2.09. The number of thioether (sulfide) groups is 1. The van der Waals surface area contributed by atoms with Gasteiger partial charge in [0.15, 0.2) is 0 Å². The first-order valence-corrected chi connectivity index (χ1v) is 6.68. The average molecular weight is 247 g/mol. The predicted molar refractivity (Wildman–Crippen MR) is 71.5 cm³/mol. The fraction of sp³-hybridized carbons (Fsp3) is 0.357. The van der Waals surface area contributed by atoms with E-state index in [1.165, 1.54) is 16.7 Å². The summed E-state index contributed by atoms with van der Waals surface area (Å²) in [6.07, 6.45) is 0. The van der Waals surface area contributed by atoms with Gasteiger partial charge >= 0.3 is 0 Å². The van der Waals surface area contributed by atoms with Crippen molar-refractivity contribution in [1.82, 2.24) is 4.98 Å². The van der Waals surface area contributed by atoms with Crippen molar-refractivity contribution in [1.29, 1.82) is 0 Å². The molecule has 0 unspecified atom stereocenters. The smallest absolute Gasteiger partial charge is 0.256 e. The van der Waals surface area contributed by atoms with E-state index in [9.17, 15) is 0 Å². The molecule has 0 radical (unpaired) electrons. The Kier molecular flexibility index (Phi) is 3.57. The fourth-order valence-corrected chi connectivity index (χ4v) is 2.58. The Morgan fingerprint density at radius 1 is 1.18 bits per heavy atom. The lowest BCUT2D eigenvalue weighted by atomic mass is 10.1. The van der Waals surface area contributed by atoms with E-state index in [0.717, 1.165) is 22.4 Å². The van der Waals surface area contributed by atoms with E-state index in [1.807, 2.05) is 13.8 Å². The second-order valence-electron chi connectivity index (χ2n) is 4.34. The van der Waals surface area contributed by atoms with Crippen molar-refractivity contribution < 1.29 is 4.42 Å². The van der Waals surface area contributed by atoms with Crippen molar-refractivity contribution in [3.63, 3.8) is 0 Å². The molecule has 1 aromatic heterocycles. The standard InChI is InChI=1S/C14H17NOS/c1-9-5-6-10(2)13(7-9)8-17-14-15-11(3)12(4)16-14/h5-7H,8H2,1-4H3. The zero-order valence-corrected chi connectivity index (χ0v) is 11.5. The number of aryl methyl sites for hydroxylation is 4. The van der Waals surface area contributed by atoms with Crippen molar-refractivity contribution in [2.24, 2.45) is 0 Å². The molecule has 0 bridgehead atoms. The molecule has 0 amide bonds. The maximum Gasteiger partial charge on any atom is 0.256 e. The van der Waals surface area contributed by atoms with Gasteiger partial charge in [-0.05, 0) is 38.8 Å². The highest BCUT2D eigenvalue weighted by Crippen LogP contribution is 2.25. The molecule has 2 rings (SSSR count). The van der Waals surface area contributed by atoms with Crippen LogP contribution in [0.15, 0.2) is 27.8 Å². The lowest BCUT2D eigenvalue weighted by Gasteiger charge is -2.04. The molecule has 0 spiro atoms. The van der Waals surface area contributed by atoms with Gasteiger partial charge in [0.05, 0.1) is 5.69 Å². The molecule has 0 aliphatic carbocycles. The zero-order valence-electron chi connectivity index (χ0n) is 10.7. The number of hydrogen-bond acceptors (Lipinski definition) is 3. The van der Waals surface area contributed by atoms with Crippen LogP contribution in [0.3, 0.4) is 0 Å². The molecule has 0 fully saturated rings. The Hall–Kier alpha value is -1.22. The van der Waals surface area contributed by atoms with E-state index in [-0.39, 0.29) is 0 Å². The molecule has 17 heavy (non-hydrogen) atoms. The molecule has 1 aromatic carbocycles. The molecule has 2 nitrogen and oxygen atoms in total. The van der Waals surface area contributed by atoms with Crippen molar-refractivity contribution in [2.75, 3.05) is 0 Å². The Labute approximate surface area is 106 Å². The van der Waals surface area contributed by atoms with Gasteiger partial charge in [-0.1, -0.05) is 35.5 Å². The van der Waals surface area contributed by atoms with Gasteiger partial charge in [0.2, 0.25) is 0 Å². The van der Waals surface area contributed by atoms with E-state index >= 15 is 0 Å². The summed E-state index contributed by atoms with van der Waals surface area (Å²) in [5.41, 5.74) is 4.95. The summed E-state index contributed by atoms with van der Waals surface area (Å²) >= 11 is 1.65. The summed E-state index contributed by atoms with van der Waals surface area (Å²) in [5.74, 6) is 1.82. The maximum absolute atomic E-state index is 5.56. The van der Waals surface area contributed by atoms with E-state index in [1.54, 1.807) is 11.8 Å². The van der Waals surface area contributed by atoms with Crippen LogP contribution in [0, 0.1) is 27.7 Å². The molecular weight excluding hydrogens is 230 g/mol. The van der Waals surface area contributed by atoms with Gasteiger partial charge in [0, 0.05) is 5.75 Å². The third-order valence-electron chi connectivity index (χ3n) is 2.86. The summed E-state index contributed by atoms with van der Waals surface area (Å²) in [6.45, 7) is 8.18. The van der Waals surface area contributed by atoms with E-state index < -0.39 is 0 Å². The number of nitrogens with zero attached hydrogens (tertiary/aromatic N) is 1. The molecule has 2 aromatic rings. The quantitative estimate of drug-likeness (QED) is 0.760. The van der Waals surface area contributed by atoms with Crippen LogP contribution in [0.4, 0.5) is 0 Å².